The molecule has 0 saturated carbocycles. The highest BCUT2D eigenvalue weighted by molar-refractivity contribution is 6.07. The third kappa shape index (κ3) is 5.65. The summed E-state index contributed by atoms with van der Waals surface area (Å²) < 4.78 is 4.74. The van der Waals surface area contributed by atoms with Crippen LogP contribution >= 0.6 is 0 Å². The van der Waals surface area contributed by atoms with Gasteiger partial charge in [0.1, 0.15) is 5.78 Å². The van der Waals surface area contributed by atoms with E-state index in [-0.39, 0.29) is 29.9 Å². The monoisotopic (exact) mass is 319 g/mol. The highest BCUT2D eigenvalue weighted by atomic mass is 16.6. The molecule has 1 aromatic rings. The number of carbonyl (C=O) groups excluding carboxylic acids is 3. The molecule has 0 aromatic heterocycles. The van der Waals surface area contributed by atoms with Crippen molar-refractivity contribution in [3.63, 3.8) is 0 Å². The Balaban J connectivity index is 2.70. The summed E-state index contributed by atoms with van der Waals surface area (Å²) in [5.74, 6) is -1.61. The van der Waals surface area contributed by atoms with E-state index in [1.54, 1.807) is 39.0 Å². The van der Waals surface area contributed by atoms with Crippen LogP contribution in [0, 0.1) is 5.41 Å². The number of esters is 2. The standard InChI is InChI=1S/C17H21NO5/c1-4-13(19)11-17(2,3)14(18-22)10-15(20)23-16(21)12-8-6-5-7-9-12/h5-9,22H,4,10-11H2,1-3H3. The smallest absolute Gasteiger partial charge is 0.345 e. The maximum absolute atomic E-state index is 11.9. The molecule has 1 rings (SSSR count). The summed E-state index contributed by atoms with van der Waals surface area (Å²) in [6.45, 7) is 5.13. The first-order valence-corrected chi connectivity index (χ1v) is 7.33. The molecule has 0 atom stereocenters. The van der Waals surface area contributed by atoms with Gasteiger partial charge in [-0.3, -0.25) is 9.59 Å². The van der Waals surface area contributed by atoms with Crippen LogP contribution in [-0.2, 0) is 14.3 Å². The Bertz CT molecular complexity index is 605. The van der Waals surface area contributed by atoms with Gasteiger partial charge in [-0.05, 0) is 12.1 Å². The maximum atomic E-state index is 11.9. The van der Waals surface area contributed by atoms with Crippen molar-refractivity contribution in [1.82, 2.24) is 0 Å². The van der Waals surface area contributed by atoms with Crippen LogP contribution in [0.25, 0.3) is 0 Å². The van der Waals surface area contributed by atoms with Gasteiger partial charge in [-0.1, -0.05) is 44.1 Å². The van der Waals surface area contributed by atoms with Crippen molar-refractivity contribution in [2.75, 3.05) is 0 Å². The number of Topliss-reactive ketones (excluding diaryl/α,β-unsaturated/α-hetero) is 1. The number of ether oxygens (including phenoxy) is 1. The molecule has 0 amide bonds. The third-order valence-corrected chi connectivity index (χ3v) is 3.46. The zero-order valence-electron chi connectivity index (χ0n) is 13.5. The second kappa shape index (κ2) is 8.22. The van der Waals surface area contributed by atoms with Crippen molar-refractivity contribution in [3.05, 3.63) is 35.9 Å². The molecule has 0 aliphatic heterocycles. The lowest BCUT2D eigenvalue weighted by atomic mass is 9.80. The predicted molar refractivity (Wildman–Crippen MR) is 84.4 cm³/mol. The Morgan fingerprint density at radius 2 is 1.78 bits per heavy atom. The van der Waals surface area contributed by atoms with Crippen LogP contribution in [-0.4, -0.2) is 28.6 Å². The van der Waals surface area contributed by atoms with E-state index in [0.29, 0.717) is 6.42 Å². The van der Waals surface area contributed by atoms with Crippen molar-refractivity contribution in [2.24, 2.45) is 10.6 Å². The van der Waals surface area contributed by atoms with Gasteiger partial charge in [-0.2, -0.15) is 0 Å². The Morgan fingerprint density at radius 1 is 1.17 bits per heavy atom. The molecule has 23 heavy (non-hydrogen) atoms. The Labute approximate surface area is 135 Å². The van der Waals surface area contributed by atoms with Crippen LogP contribution in [0.1, 0.15) is 50.4 Å². The van der Waals surface area contributed by atoms with Crippen LogP contribution < -0.4 is 0 Å². The predicted octanol–water partition coefficient (Wildman–Crippen LogP) is 2.99. The van der Waals surface area contributed by atoms with Gasteiger partial charge in [0.2, 0.25) is 0 Å². The van der Waals surface area contributed by atoms with E-state index in [0.717, 1.165) is 0 Å². The third-order valence-electron chi connectivity index (χ3n) is 3.46. The zero-order chi connectivity index (χ0) is 17.5. The molecule has 0 heterocycles. The van der Waals surface area contributed by atoms with Gasteiger partial charge in [0.05, 0.1) is 17.7 Å². The number of benzene rings is 1. The summed E-state index contributed by atoms with van der Waals surface area (Å²) in [5, 5.41) is 12.3. The topological polar surface area (TPSA) is 93.0 Å². The van der Waals surface area contributed by atoms with Gasteiger partial charge in [0, 0.05) is 18.3 Å². The highest BCUT2D eigenvalue weighted by Crippen LogP contribution is 2.26. The Hall–Kier alpha value is -2.50. The minimum absolute atomic E-state index is 0.00937. The molecule has 0 fully saturated rings. The Kier molecular flexibility index (Phi) is 6.63. The number of nitrogens with zero attached hydrogens (tertiary/aromatic N) is 1. The second-order valence-corrected chi connectivity index (χ2v) is 5.80. The Morgan fingerprint density at radius 3 is 2.30 bits per heavy atom. The van der Waals surface area contributed by atoms with E-state index in [1.807, 2.05) is 0 Å². The maximum Gasteiger partial charge on any atom is 0.345 e. The van der Waals surface area contributed by atoms with E-state index in [2.05, 4.69) is 5.16 Å². The van der Waals surface area contributed by atoms with Crippen LogP contribution in [0.4, 0.5) is 0 Å². The van der Waals surface area contributed by atoms with Crippen molar-refractivity contribution < 1.29 is 24.3 Å². The van der Waals surface area contributed by atoms with Gasteiger partial charge in [-0.25, -0.2) is 4.79 Å². The van der Waals surface area contributed by atoms with E-state index >= 15 is 0 Å². The van der Waals surface area contributed by atoms with Crippen molar-refractivity contribution in [3.8, 4) is 0 Å². The summed E-state index contributed by atoms with van der Waals surface area (Å²) in [5.41, 5.74) is -0.440. The number of oxime groups is 1. The van der Waals surface area contributed by atoms with Crippen molar-refractivity contribution in [1.29, 1.82) is 0 Å². The minimum Gasteiger partial charge on any atom is -0.411 e. The molecule has 124 valence electrons. The van der Waals surface area contributed by atoms with Crippen molar-refractivity contribution in [2.45, 2.75) is 40.0 Å². The average molecular weight is 319 g/mol. The highest BCUT2D eigenvalue weighted by Gasteiger charge is 2.31. The van der Waals surface area contributed by atoms with E-state index < -0.39 is 17.4 Å². The fraction of sp³-hybridized carbons (Fsp3) is 0.412. The largest absolute Gasteiger partial charge is 0.411 e. The van der Waals surface area contributed by atoms with Crippen LogP contribution in [0.2, 0.25) is 0 Å². The number of hydrogen-bond acceptors (Lipinski definition) is 6. The molecule has 1 aromatic carbocycles. The molecular weight excluding hydrogens is 298 g/mol. The fourth-order valence-corrected chi connectivity index (χ4v) is 2.04. The van der Waals surface area contributed by atoms with Crippen LogP contribution in [0.5, 0.6) is 0 Å². The first kappa shape index (κ1) is 18.5. The van der Waals surface area contributed by atoms with Gasteiger partial charge in [0.25, 0.3) is 0 Å². The first-order valence-electron chi connectivity index (χ1n) is 7.33. The summed E-state index contributed by atoms with van der Waals surface area (Å²) >= 11 is 0. The summed E-state index contributed by atoms with van der Waals surface area (Å²) in [6, 6.07) is 8.10. The molecule has 6 nitrogen and oxygen atoms in total. The summed E-state index contributed by atoms with van der Waals surface area (Å²) in [7, 11) is 0. The quantitative estimate of drug-likeness (QED) is 0.274. The van der Waals surface area contributed by atoms with E-state index in [1.165, 1.54) is 12.1 Å². The van der Waals surface area contributed by atoms with Crippen molar-refractivity contribution >= 4 is 23.4 Å². The number of ketones is 1. The molecule has 0 aliphatic carbocycles. The fourth-order valence-electron chi connectivity index (χ4n) is 2.04. The SMILES string of the molecule is CCC(=O)CC(C)(C)C(CC(=O)OC(=O)c1ccccc1)=NO. The first-order chi connectivity index (χ1) is 10.8. The average Bonchev–Trinajstić information content (AvgIpc) is 2.52. The lowest BCUT2D eigenvalue weighted by molar-refractivity contribution is -0.136. The van der Waals surface area contributed by atoms with Crippen LogP contribution in [0.3, 0.4) is 0 Å². The number of rotatable bonds is 7. The molecule has 0 bridgehead atoms. The molecule has 1 N–H and O–H groups in total. The number of carbonyl (C=O) groups is 3. The van der Waals surface area contributed by atoms with Crippen LogP contribution in [0.15, 0.2) is 35.5 Å². The normalized spacial score (nSPS) is 11.9. The zero-order valence-corrected chi connectivity index (χ0v) is 13.5. The molecule has 0 aliphatic rings. The summed E-state index contributed by atoms with van der Waals surface area (Å²) in [6.07, 6.45) is 0.140. The molecule has 0 radical (unpaired) electrons. The molecule has 6 heteroatoms. The molecule has 0 spiro atoms. The number of hydrogen-bond donors (Lipinski definition) is 1. The molecule has 0 unspecified atom stereocenters. The summed E-state index contributed by atoms with van der Waals surface area (Å²) in [4.78, 5) is 35.3. The van der Waals surface area contributed by atoms with E-state index in [9.17, 15) is 14.4 Å². The lowest BCUT2D eigenvalue weighted by Crippen LogP contribution is -2.30. The molecular formula is C17H21NO5. The van der Waals surface area contributed by atoms with Gasteiger partial charge in [0.15, 0.2) is 0 Å². The second-order valence-electron chi connectivity index (χ2n) is 5.80. The van der Waals surface area contributed by atoms with Gasteiger partial charge in [-0.15, -0.1) is 0 Å². The molecule has 0 saturated heterocycles. The van der Waals surface area contributed by atoms with E-state index in [4.69, 9.17) is 9.94 Å². The lowest BCUT2D eigenvalue weighted by Gasteiger charge is -2.24. The van der Waals surface area contributed by atoms with Gasteiger partial charge < -0.3 is 9.94 Å². The van der Waals surface area contributed by atoms with Gasteiger partial charge >= 0.3 is 11.9 Å². The minimum atomic E-state index is -0.830.